The quantitative estimate of drug-likeness (QED) is 0.761. The van der Waals surface area contributed by atoms with E-state index in [1.807, 2.05) is 36.7 Å². The second-order valence-corrected chi connectivity index (χ2v) is 9.80. The number of aryl methyl sites for hydroxylation is 1. The van der Waals surface area contributed by atoms with Crippen LogP contribution in [0.2, 0.25) is 5.02 Å². The molecule has 1 fully saturated rings. The first-order chi connectivity index (χ1) is 12.7. The molecule has 8 heteroatoms. The molecule has 0 bridgehead atoms. The first-order valence-electron chi connectivity index (χ1n) is 8.90. The Morgan fingerprint density at radius 1 is 1.33 bits per heavy atom. The third kappa shape index (κ3) is 4.35. The molecule has 1 aromatic carbocycles. The summed E-state index contributed by atoms with van der Waals surface area (Å²) in [5.41, 5.74) is 3.52. The zero-order valence-corrected chi connectivity index (χ0v) is 17.3. The number of likely N-dealkylation sites (N-methyl/N-ethyl adjacent to an activating group) is 1. The molecule has 6 nitrogen and oxygen atoms in total. The average molecular weight is 410 g/mol. The van der Waals surface area contributed by atoms with E-state index >= 15 is 0 Å². The maximum absolute atomic E-state index is 12.6. The smallest absolute Gasteiger partial charge is 0.227 e. The molecule has 1 aromatic heterocycles. The summed E-state index contributed by atoms with van der Waals surface area (Å²) in [6.07, 6.45) is 0.828. The number of amides is 1. The van der Waals surface area contributed by atoms with Crippen LogP contribution in [-0.2, 0) is 27.6 Å². The predicted molar refractivity (Wildman–Crippen MR) is 106 cm³/mol. The number of carbonyl (C=O) groups is 1. The lowest BCUT2D eigenvalue weighted by Gasteiger charge is -2.18. The van der Waals surface area contributed by atoms with Crippen molar-refractivity contribution >= 4 is 27.3 Å². The van der Waals surface area contributed by atoms with Crippen LogP contribution in [0, 0.1) is 13.8 Å². The molecule has 1 amide bonds. The molecular weight excluding hydrogens is 386 g/mol. The van der Waals surface area contributed by atoms with Gasteiger partial charge < -0.3 is 4.90 Å². The highest BCUT2D eigenvalue weighted by molar-refractivity contribution is 7.91. The maximum Gasteiger partial charge on any atom is 0.227 e. The summed E-state index contributed by atoms with van der Waals surface area (Å²) in [6, 6.07) is 7.21. The van der Waals surface area contributed by atoms with Crippen molar-refractivity contribution in [2.45, 2.75) is 39.3 Å². The second kappa shape index (κ2) is 7.64. The zero-order valence-electron chi connectivity index (χ0n) is 15.8. The monoisotopic (exact) mass is 409 g/mol. The molecule has 0 spiro atoms. The minimum Gasteiger partial charge on any atom is -0.341 e. The molecule has 0 radical (unpaired) electrons. The van der Waals surface area contributed by atoms with E-state index < -0.39 is 9.84 Å². The van der Waals surface area contributed by atoms with Gasteiger partial charge in [0.15, 0.2) is 9.84 Å². The summed E-state index contributed by atoms with van der Waals surface area (Å²) in [6.45, 7) is 4.27. The lowest BCUT2D eigenvalue weighted by molar-refractivity contribution is -0.129. The van der Waals surface area contributed by atoms with Crippen molar-refractivity contribution in [3.05, 3.63) is 51.8 Å². The lowest BCUT2D eigenvalue weighted by atomic mass is 10.1. The molecule has 0 saturated carbocycles. The van der Waals surface area contributed by atoms with Crippen molar-refractivity contribution in [2.24, 2.45) is 0 Å². The Hall–Kier alpha value is -1.86. The van der Waals surface area contributed by atoms with Crippen LogP contribution < -0.4 is 0 Å². The van der Waals surface area contributed by atoms with Gasteiger partial charge in [-0.15, -0.1) is 0 Å². The highest BCUT2D eigenvalue weighted by Gasteiger charge is 2.31. The highest BCUT2D eigenvalue weighted by atomic mass is 35.5. The van der Waals surface area contributed by atoms with Crippen LogP contribution in [0.3, 0.4) is 0 Å². The second-order valence-electron chi connectivity index (χ2n) is 7.17. The van der Waals surface area contributed by atoms with Gasteiger partial charge in [0.05, 0.1) is 29.7 Å². The van der Waals surface area contributed by atoms with Gasteiger partial charge in [-0.05, 0) is 31.9 Å². The molecule has 2 aromatic rings. The molecule has 146 valence electrons. The summed E-state index contributed by atoms with van der Waals surface area (Å²) in [7, 11) is -1.22. The Morgan fingerprint density at radius 2 is 2.04 bits per heavy atom. The van der Waals surface area contributed by atoms with E-state index in [-0.39, 0.29) is 29.9 Å². The van der Waals surface area contributed by atoms with Gasteiger partial charge in [-0.3, -0.25) is 9.48 Å². The first kappa shape index (κ1) is 19.9. The molecule has 1 aliphatic rings. The molecule has 0 N–H and O–H groups in total. The van der Waals surface area contributed by atoms with E-state index in [0.29, 0.717) is 18.0 Å². The minimum absolute atomic E-state index is 0.0295. The van der Waals surface area contributed by atoms with Crippen LogP contribution in [-0.4, -0.2) is 47.6 Å². The maximum atomic E-state index is 12.6. The molecule has 3 rings (SSSR count). The first-order valence-corrected chi connectivity index (χ1v) is 11.1. The third-order valence-corrected chi connectivity index (χ3v) is 7.27. The van der Waals surface area contributed by atoms with E-state index in [1.54, 1.807) is 18.0 Å². The number of hydrogen-bond acceptors (Lipinski definition) is 4. The Morgan fingerprint density at radius 3 is 2.67 bits per heavy atom. The average Bonchev–Trinajstić information content (AvgIpc) is 3.10. The number of nitrogens with zero attached hydrogens (tertiary/aromatic N) is 3. The number of sulfone groups is 1. The van der Waals surface area contributed by atoms with Gasteiger partial charge in [-0.25, -0.2) is 8.42 Å². The Balaban J connectivity index is 1.73. The van der Waals surface area contributed by atoms with Gasteiger partial charge in [0.2, 0.25) is 5.91 Å². The normalized spacial score (nSPS) is 18.6. The fourth-order valence-electron chi connectivity index (χ4n) is 3.51. The van der Waals surface area contributed by atoms with Crippen molar-refractivity contribution in [3.63, 3.8) is 0 Å². The molecule has 1 saturated heterocycles. The fraction of sp³-hybridized carbons (Fsp3) is 0.474. The number of halogens is 1. The Labute approximate surface area is 165 Å². The van der Waals surface area contributed by atoms with Crippen molar-refractivity contribution in [3.8, 4) is 0 Å². The largest absolute Gasteiger partial charge is 0.341 e. The van der Waals surface area contributed by atoms with Crippen molar-refractivity contribution in [1.82, 2.24) is 14.7 Å². The standard InChI is InChI=1S/C19H24ClN3O3S/c1-13-17(14(2)23(21-13)16-8-9-27(25,26)12-16)11-22(3)19(24)10-15-6-4-5-7-18(15)20/h4-7,16H,8-12H2,1-3H3/t16-/m0/s1. The van der Waals surface area contributed by atoms with E-state index in [4.69, 9.17) is 11.6 Å². The minimum atomic E-state index is -2.98. The van der Waals surface area contributed by atoms with Crippen LogP contribution in [0.25, 0.3) is 0 Å². The molecule has 1 aliphatic heterocycles. The third-order valence-electron chi connectivity index (χ3n) is 5.15. The molecule has 0 unspecified atom stereocenters. The van der Waals surface area contributed by atoms with Gasteiger partial charge in [0.25, 0.3) is 0 Å². The summed E-state index contributed by atoms with van der Waals surface area (Å²) in [5, 5.41) is 5.15. The lowest BCUT2D eigenvalue weighted by Crippen LogP contribution is -2.28. The van der Waals surface area contributed by atoms with E-state index in [1.165, 1.54) is 0 Å². The van der Waals surface area contributed by atoms with Crippen LogP contribution in [0.5, 0.6) is 0 Å². The van der Waals surface area contributed by atoms with Gasteiger partial charge >= 0.3 is 0 Å². The predicted octanol–water partition coefficient (Wildman–Crippen LogP) is 2.71. The van der Waals surface area contributed by atoms with Gasteiger partial charge in [0, 0.05) is 29.9 Å². The molecule has 2 heterocycles. The zero-order chi connectivity index (χ0) is 19.8. The van der Waals surface area contributed by atoms with Gasteiger partial charge in [-0.1, -0.05) is 29.8 Å². The summed E-state index contributed by atoms with van der Waals surface area (Å²) >= 11 is 6.15. The number of hydrogen-bond donors (Lipinski definition) is 0. The van der Waals surface area contributed by atoms with Crippen LogP contribution in [0.15, 0.2) is 24.3 Å². The van der Waals surface area contributed by atoms with Crippen LogP contribution in [0.1, 0.15) is 35.0 Å². The molecule has 1 atom stereocenters. The molecular formula is C19H24ClN3O3S. The van der Waals surface area contributed by atoms with Crippen LogP contribution >= 0.6 is 11.6 Å². The summed E-state index contributed by atoms with van der Waals surface area (Å²) in [5.74, 6) is 0.315. The van der Waals surface area contributed by atoms with Gasteiger partial charge in [0.1, 0.15) is 0 Å². The van der Waals surface area contributed by atoms with Crippen molar-refractivity contribution in [1.29, 1.82) is 0 Å². The number of rotatable bonds is 5. The van der Waals surface area contributed by atoms with Crippen molar-refractivity contribution < 1.29 is 13.2 Å². The van der Waals surface area contributed by atoms with E-state index in [2.05, 4.69) is 5.10 Å². The summed E-state index contributed by atoms with van der Waals surface area (Å²) in [4.78, 5) is 14.3. The van der Waals surface area contributed by atoms with E-state index in [0.717, 1.165) is 22.5 Å². The Kier molecular flexibility index (Phi) is 5.63. The topological polar surface area (TPSA) is 72.3 Å². The van der Waals surface area contributed by atoms with Crippen LogP contribution in [0.4, 0.5) is 0 Å². The molecule has 0 aliphatic carbocycles. The fourth-order valence-corrected chi connectivity index (χ4v) is 5.41. The molecule has 27 heavy (non-hydrogen) atoms. The highest BCUT2D eigenvalue weighted by Crippen LogP contribution is 2.27. The van der Waals surface area contributed by atoms with Crippen molar-refractivity contribution in [2.75, 3.05) is 18.6 Å². The van der Waals surface area contributed by atoms with Gasteiger partial charge in [-0.2, -0.15) is 5.10 Å². The number of carbonyl (C=O) groups excluding carboxylic acids is 1. The Bertz CT molecular complexity index is 969. The number of benzene rings is 1. The SMILES string of the molecule is Cc1nn([C@H]2CCS(=O)(=O)C2)c(C)c1CN(C)C(=O)Cc1ccccc1Cl. The van der Waals surface area contributed by atoms with E-state index in [9.17, 15) is 13.2 Å². The number of aromatic nitrogens is 2. The summed E-state index contributed by atoms with van der Waals surface area (Å²) < 4.78 is 25.4.